The van der Waals surface area contributed by atoms with E-state index in [1.807, 2.05) is 0 Å². The van der Waals surface area contributed by atoms with E-state index in [4.69, 9.17) is 9.84 Å². The highest BCUT2D eigenvalue weighted by molar-refractivity contribution is 5.73. The van der Waals surface area contributed by atoms with E-state index in [0.717, 1.165) is 6.54 Å². The second-order valence-electron chi connectivity index (χ2n) is 5.37. The van der Waals surface area contributed by atoms with E-state index < -0.39 is 18.0 Å². The quantitative estimate of drug-likeness (QED) is 0.785. The van der Waals surface area contributed by atoms with Crippen LogP contribution in [0.1, 0.15) is 27.2 Å². The van der Waals surface area contributed by atoms with E-state index >= 15 is 0 Å². The number of carbonyl (C=O) groups excluding carboxylic acids is 1. The van der Waals surface area contributed by atoms with Gasteiger partial charge in [-0.2, -0.15) is 0 Å². The Kier molecular flexibility index (Phi) is 6.08. The third kappa shape index (κ3) is 5.06. The van der Waals surface area contributed by atoms with Gasteiger partial charge in [0.05, 0.1) is 12.5 Å². The highest BCUT2D eigenvalue weighted by Crippen LogP contribution is 2.18. The van der Waals surface area contributed by atoms with Gasteiger partial charge in [-0.05, 0) is 25.8 Å². The van der Waals surface area contributed by atoms with Crippen LogP contribution in [0.4, 0.5) is 4.79 Å². The van der Waals surface area contributed by atoms with Gasteiger partial charge in [-0.3, -0.25) is 4.79 Å². The summed E-state index contributed by atoms with van der Waals surface area (Å²) in [5.74, 6) is -0.894. The molecule has 2 unspecified atom stereocenters. The third-order valence-electron chi connectivity index (χ3n) is 3.14. The van der Waals surface area contributed by atoms with Crippen LogP contribution in [0.25, 0.3) is 0 Å². The topological polar surface area (TPSA) is 78.9 Å². The van der Waals surface area contributed by atoms with Gasteiger partial charge in [0.15, 0.2) is 0 Å². The van der Waals surface area contributed by atoms with Gasteiger partial charge in [0.2, 0.25) is 0 Å². The van der Waals surface area contributed by atoms with Crippen molar-refractivity contribution < 1.29 is 19.4 Å². The molecule has 1 saturated heterocycles. The first-order valence-corrected chi connectivity index (χ1v) is 6.81. The van der Waals surface area contributed by atoms with Gasteiger partial charge in [0.1, 0.15) is 0 Å². The van der Waals surface area contributed by atoms with Crippen molar-refractivity contribution in [2.24, 2.45) is 11.8 Å². The zero-order chi connectivity index (χ0) is 14.4. The highest BCUT2D eigenvalue weighted by atomic mass is 16.6. The number of carboxylic acids is 1. The minimum absolute atomic E-state index is 0.0154. The van der Waals surface area contributed by atoms with Crippen LogP contribution in [0.2, 0.25) is 0 Å². The number of carboxylic acid groups (broad SMARTS) is 1. The monoisotopic (exact) mass is 272 g/mol. The van der Waals surface area contributed by atoms with E-state index in [0.29, 0.717) is 25.5 Å². The Morgan fingerprint density at radius 1 is 1.42 bits per heavy atom. The van der Waals surface area contributed by atoms with Crippen molar-refractivity contribution >= 4 is 12.1 Å². The highest BCUT2D eigenvalue weighted by Gasteiger charge is 2.34. The van der Waals surface area contributed by atoms with Crippen molar-refractivity contribution in [3.05, 3.63) is 0 Å². The summed E-state index contributed by atoms with van der Waals surface area (Å²) in [7, 11) is 0. The average molecular weight is 272 g/mol. The Bertz CT molecular complexity index is 320. The van der Waals surface area contributed by atoms with E-state index in [1.54, 1.807) is 6.92 Å². The van der Waals surface area contributed by atoms with Crippen LogP contribution in [-0.4, -0.2) is 54.4 Å². The molecule has 19 heavy (non-hydrogen) atoms. The van der Waals surface area contributed by atoms with Gasteiger partial charge in [0, 0.05) is 19.1 Å². The molecule has 0 aromatic rings. The molecule has 1 heterocycles. The zero-order valence-electron chi connectivity index (χ0n) is 11.9. The summed E-state index contributed by atoms with van der Waals surface area (Å²) in [6.45, 7) is 7.78. The molecule has 2 atom stereocenters. The van der Waals surface area contributed by atoms with Crippen molar-refractivity contribution in [2.45, 2.75) is 33.2 Å². The Balaban J connectivity index is 2.62. The second-order valence-corrected chi connectivity index (χ2v) is 5.37. The first-order valence-electron chi connectivity index (χ1n) is 6.81. The fourth-order valence-electron chi connectivity index (χ4n) is 2.19. The van der Waals surface area contributed by atoms with Crippen molar-refractivity contribution in [3.63, 3.8) is 0 Å². The van der Waals surface area contributed by atoms with Gasteiger partial charge < -0.3 is 20.1 Å². The number of piperidine rings is 1. The number of aliphatic carboxylic acids is 1. The molecule has 0 saturated carbocycles. The standard InChI is InChI=1S/C13H24N2O4/c1-4-19-13(18)15-7-10(12(16)17)5-11(8-15)14-6-9(2)3/h9-11,14H,4-8H2,1-3H3,(H,16,17). The Labute approximate surface area is 114 Å². The number of hydrogen-bond donors (Lipinski definition) is 2. The predicted octanol–water partition coefficient (Wildman–Crippen LogP) is 1.16. The van der Waals surface area contributed by atoms with E-state index in [1.165, 1.54) is 4.90 Å². The summed E-state index contributed by atoms with van der Waals surface area (Å²) < 4.78 is 4.95. The third-order valence-corrected chi connectivity index (χ3v) is 3.14. The number of nitrogens with one attached hydrogen (secondary N) is 1. The fourth-order valence-corrected chi connectivity index (χ4v) is 2.19. The van der Waals surface area contributed by atoms with Gasteiger partial charge in [-0.15, -0.1) is 0 Å². The molecule has 6 heteroatoms. The number of nitrogens with zero attached hydrogens (tertiary/aromatic N) is 1. The van der Waals surface area contributed by atoms with E-state index in [9.17, 15) is 9.59 Å². The Hall–Kier alpha value is -1.30. The molecule has 6 nitrogen and oxygen atoms in total. The summed E-state index contributed by atoms with van der Waals surface area (Å²) in [5.41, 5.74) is 0. The molecule has 0 aliphatic carbocycles. The molecule has 1 rings (SSSR count). The predicted molar refractivity (Wildman–Crippen MR) is 71.0 cm³/mol. The molecule has 1 aliphatic heterocycles. The van der Waals surface area contributed by atoms with Gasteiger partial charge in [-0.25, -0.2) is 4.79 Å². The number of rotatable bonds is 5. The molecule has 2 N–H and O–H groups in total. The molecular formula is C13H24N2O4. The Morgan fingerprint density at radius 3 is 2.63 bits per heavy atom. The minimum Gasteiger partial charge on any atom is -0.481 e. The molecule has 0 spiro atoms. The van der Waals surface area contributed by atoms with Crippen LogP contribution < -0.4 is 5.32 Å². The number of carbonyl (C=O) groups is 2. The first kappa shape index (κ1) is 15.8. The molecule has 0 aromatic heterocycles. The zero-order valence-corrected chi connectivity index (χ0v) is 11.9. The molecular weight excluding hydrogens is 248 g/mol. The fraction of sp³-hybridized carbons (Fsp3) is 0.846. The first-order chi connectivity index (χ1) is 8.93. The summed E-state index contributed by atoms with van der Waals surface area (Å²) in [5, 5.41) is 12.5. The molecule has 1 fully saturated rings. The lowest BCUT2D eigenvalue weighted by atomic mass is 9.94. The maximum atomic E-state index is 11.7. The van der Waals surface area contributed by atoms with Crippen LogP contribution in [0.3, 0.4) is 0 Å². The SMILES string of the molecule is CCOC(=O)N1CC(NCC(C)C)CC(C(=O)O)C1. The van der Waals surface area contributed by atoms with Gasteiger partial charge >= 0.3 is 12.1 Å². The number of hydrogen-bond acceptors (Lipinski definition) is 4. The number of amides is 1. The molecule has 110 valence electrons. The van der Waals surface area contributed by atoms with E-state index in [-0.39, 0.29) is 12.6 Å². The Morgan fingerprint density at radius 2 is 2.11 bits per heavy atom. The summed E-state index contributed by atoms with van der Waals surface area (Å²) in [6.07, 6.45) is 0.127. The van der Waals surface area contributed by atoms with Crippen LogP contribution in [0.5, 0.6) is 0 Å². The minimum atomic E-state index is -0.856. The lowest BCUT2D eigenvalue weighted by molar-refractivity contribution is -0.143. The largest absolute Gasteiger partial charge is 0.481 e. The smallest absolute Gasteiger partial charge is 0.409 e. The maximum absolute atomic E-state index is 11.7. The summed E-state index contributed by atoms with van der Waals surface area (Å²) in [6, 6.07) is 0.0154. The van der Waals surface area contributed by atoms with Crippen molar-refractivity contribution in [3.8, 4) is 0 Å². The van der Waals surface area contributed by atoms with Crippen molar-refractivity contribution in [1.82, 2.24) is 10.2 Å². The second kappa shape index (κ2) is 7.33. The number of likely N-dealkylation sites (tertiary alicyclic amines) is 1. The van der Waals surface area contributed by atoms with Crippen molar-refractivity contribution in [1.29, 1.82) is 0 Å². The molecule has 0 bridgehead atoms. The lowest BCUT2D eigenvalue weighted by Crippen LogP contribution is -2.53. The lowest BCUT2D eigenvalue weighted by Gasteiger charge is -2.36. The van der Waals surface area contributed by atoms with Crippen molar-refractivity contribution in [2.75, 3.05) is 26.2 Å². The average Bonchev–Trinajstić information content (AvgIpc) is 2.36. The van der Waals surface area contributed by atoms with Crippen LogP contribution in [-0.2, 0) is 9.53 Å². The molecule has 0 radical (unpaired) electrons. The van der Waals surface area contributed by atoms with Gasteiger partial charge in [-0.1, -0.05) is 13.8 Å². The van der Waals surface area contributed by atoms with Crippen LogP contribution in [0.15, 0.2) is 0 Å². The maximum Gasteiger partial charge on any atom is 0.409 e. The molecule has 1 amide bonds. The number of ether oxygens (including phenoxy) is 1. The van der Waals surface area contributed by atoms with E-state index in [2.05, 4.69) is 19.2 Å². The molecule has 1 aliphatic rings. The van der Waals surface area contributed by atoms with Gasteiger partial charge in [0.25, 0.3) is 0 Å². The summed E-state index contributed by atoms with van der Waals surface area (Å²) in [4.78, 5) is 24.4. The summed E-state index contributed by atoms with van der Waals surface area (Å²) >= 11 is 0. The van der Waals surface area contributed by atoms with Crippen LogP contribution >= 0.6 is 0 Å². The molecule has 0 aromatic carbocycles. The normalized spacial score (nSPS) is 23.5. The van der Waals surface area contributed by atoms with Crippen LogP contribution in [0, 0.1) is 11.8 Å².